The predicted octanol–water partition coefficient (Wildman–Crippen LogP) is 2.57. The molecule has 0 fully saturated rings. The largest absolute Gasteiger partial charge is 0.493 e. The lowest BCUT2D eigenvalue weighted by atomic mass is 10.0. The van der Waals surface area contributed by atoms with E-state index in [2.05, 4.69) is 0 Å². The van der Waals surface area contributed by atoms with Crippen molar-refractivity contribution in [3.8, 4) is 22.6 Å². The van der Waals surface area contributed by atoms with Gasteiger partial charge in [0, 0.05) is 17.3 Å². The Balaban J connectivity index is 2.62. The van der Waals surface area contributed by atoms with Crippen LogP contribution in [0.5, 0.6) is 11.5 Å². The molecule has 1 aromatic heterocycles. The van der Waals surface area contributed by atoms with Gasteiger partial charge in [-0.1, -0.05) is 12.1 Å². The van der Waals surface area contributed by atoms with Crippen LogP contribution in [0, 0.1) is 0 Å². The Bertz CT molecular complexity index is 954. The summed E-state index contributed by atoms with van der Waals surface area (Å²) in [6.07, 6.45) is 1.40. The number of carboxylic acids is 1. The maximum atomic E-state index is 12.5. The van der Waals surface area contributed by atoms with Gasteiger partial charge in [0.25, 0.3) is 5.56 Å². The fourth-order valence-electron chi connectivity index (χ4n) is 2.68. The first-order chi connectivity index (χ1) is 13.1. The Morgan fingerprint density at radius 1 is 1.14 bits per heavy atom. The summed E-state index contributed by atoms with van der Waals surface area (Å²) in [5.74, 6) is -1.22. The normalized spacial score (nSPS) is 11.0. The highest BCUT2D eigenvalue weighted by Crippen LogP contribution is 2.37. The van der Waals surface area contributed by atoms with Crippen molar-refractivity contribution in [3.63, 3.8) is 0 Å². The highest BCUT2D eigenvalue weighted by Gasteiger charge is 2.21. The van der Waals surface area contributed by atoms with E-state index in [1.807, 2.05) is 0 Å². The minimum Gasteiger partial charge on any atom is -0.493 e. The topological polar surface area (TPSA) is 104 Å². The van der Waals surface area contributed by atoms with Gasteiger partial charge in [0.2, 0.25) is 0 Å². The molecule has 0 radical (unpaired) electrons. The molecular formula is C20H23NO7. The molecule has 0 spiro atoms. The summed E-state index contributed by atoms with van der Waals surface area (Å²) in [6.45, 7) is 4.69. The molecule has 8 nitrogen and oxygen atoms in total. The molecular weight excluding hydrogens is 366 g/mol. The molecule has 0 bridgehead atoms. The second-order valence-electron chi connectivity index (χ2n) is 7.01. The third kappa shape index (κ3) is 4.70. The molecule has 0 saturated carbocycles. The van der Waals surface area contributed by atoms with Crippen molar-refractivity contribution < 1.29 is 28.9 Å². The first-order valence-electron chi connectivity index (χ1n) is 8.48. The number of hydrogen-bond donors (Lipinski definition) is 1. The molecule has 0 aliphatic rings. The number of hydrogen-bond acceptors (Lipinski definition) is 6. The third-order valence-corrected chi connectivity index (χ3v) is 3.75. The van der Waals surface area contributed by atoms with Crippen LogP contribution in [0.2, 0.25) is 0 Å². The lowest BCUT2D eigenvalue weighted by Crippen LogP contribution is -2.32. The highest BCUT2D eigenvalue weighted by atomic mass is 16.6. The zero-order valence-corrected chi connectivity index (χ0v) is 16.4. The quantitative estimate of drug-likeness (QED) is 0.757. The Kier molecular flexibility index (Phi) is 6.12. The molecule has 150 valence electrons. The van der Waals surface area contributed by atoms with E-state index in [0.717, 1.165) is 4.57 Å². The van der Waals surface area contributed by atoms with E-state index < -0.39 is 35.2 Å². The number of esters is 1. The number of para-hydroxylation sites is 1. The van der Waals surface area contributed by atoms with Gasteiger partial charge in [-0.05, 0) is 32.9 Å². The molecule has 0 aliphatic carbocycles. The number of pyridine rings is 1. The summed E-state index contributed by atoms with van der Waals surface area (Å²) in [5.41, 5.74) is -1.10. The van der Waals surface area contributed by atoms with Crippen LogP contribution in [0.3, 0.4) is 0 Å². The molecule has 1 aromatic carbocycles. The molecule has 2 aromatic rings. The van der Waals surface area contributed by atoms with Crippen molar-refractivity contribution in [1.82, 2.24) is 4.57 Å². The number of ether oxygens (including phenoxy) is 3. The maximum Gasteiger partial charge on any atom is 0.341 e. The van der Waals surface area contributed by atoms with Crippen LogP contribution >= 0.6 is 0 Å². The molecule has 0 saturated heterocycles. The van der Waals surface area contributed by atoms with E-state index in [-0.39, 0.29) is 0 Å². The highest BCUT2D eigenvalue weighted by molar-refractivity contribution is 5.89. The van der Waals surface area contributed by atoms with Crippen molar-refractivity contribution in [2.45, 2.75) is 32.9 Å². The van der Waals surface area contributed by atoms with Gasteiger partial charge >= 0.3 is 11.9 Å². The molecule has 0 unspecified atom stereocenters. The standard InChI is InChI=1S/C20H23NO7/c1-20(2,3)28-16(22)11-21-10-12(9-14(18(21)23)19(24)25)13-7-6-8-15(26-4)17(13)27-5/h6-10H,11H2,1-5H3,(H,24,25). The van der Waals surface area contributed by atoms with Gasteiger partial charge < -0.3 is 23.9 Å². The van der Waals surface area contributed by atoms with Crippen LogP contribution in [0.25, 0.3) is 11.1 Å². The Morgan fingerprint density at radius 2 is 1.82 bits per heavy atom. The minimum absolute atomic E-state index is 0.379. The van der Waals surface area contributed by atoms with Crippen LogP contribution in [0.15, 0.2) is 35.3 Å². The van der Waals surface area contributed by atoms with Gasteiger partial charge in [0.15, 0.2) is 11.5 Å². The summed E-state index contributed by atoms with van der Waals surface area (Å²) in [5, 5.41) is 9.42. The van der Waals surface area contributed by atoms with Gasteiger partial charge in [-0.25, -0.2) is 4.79 Å². The third-order valence-electron chi connectivity index (χ3n) is 3.75. The zero-order valence-electron chi connectivity index (χ0n) is 16.4. The number of aromatic carboxylic acids is 1. The van der Waals surface area contributed by atoms with Crippen molar-refractivity contribution in [3.05, 3.63) is 46.4 Å². The first-order valence-corrected chi connectivity index (χ1v) is 8.48. The zero-order chi connectivity index (χ0) is 21.1. The number of aromatic nitrogens is 1. The number of nitrogens with zero attached hydrogens (tertiary/aromatic N) is 1. The van der Waals surface area contributed by atoms with Crippen LogP contribution in [0.1, 0.15) is 31.1 Å². The molecule has 8 heteroatoms. The smallest absolute Gasteiger partial charge is 0.341 e. The van der Waals surface area contributed by atoms with E-state index in [4.69, 9.17) is 14.2 Å². The second-order valence-corrected chi connectivity index (χ2v) is 7.01. The van der Waals surface area contributed by atoms with Crippen molar-refractivity contribution in [1.29, 1.82) is 0 Å². The molecule has 0 amide bonds. The van der Waals surface area contributed by atoms with Crippen LogP contribution in [-0.4, -0.2) is 41.4 Å². The Morgan fingerprint density at radius 3 is 2.36 bits per heavy atom. The molecule has 2 rings (SSSR count). The van der Waals surface area contributed by atoms with E-state index in [1.165, 1.54) is 26.5 Å². The minimum atomic E-state index is -1.40. The Labute approximate surface area is 162 Å². The SMILES string of the molecule is COc1cccc(-c2cc(C(=O)O)c(=O)n(CC(=O)OC(C)(C)C)c2)c1OC. The van der Waals surface area contributed by atoms with Gasteiger partial charge in [-0.15, -0.1) is 0 Å². The summed E-state index contributed by atoms with van der Waals surface area (Å²) in [7, 11) is 2.93. The molecule has 1 heterocycles. The van der Waals surface area contributed by atoms with E-state index in [1.54, 1.807) is 39.0 Å². The van der Waals surface area contributed by atoms with Crippen molar-refractivity contribution in [2.75, 3.05) is 14.2 Å². The number of benzene rings is 1. The summed E-state index contributed by atoms with van der Waals surface area (Å²) in [6, 6.07) is 6.34. The predicted molar refractivity (Wildman–Crippen MR) is 102 cm³/mol. The van der Waals surface area contributed by atoms with E-state index >= 15 is 0 Å². The maximum absolute atomic E-state index is 12.5. The van der Waals surface area contributed by atoms with Gasteiger partial charge in [-0.2, -0.15) is 0 Å². The number of rotatable bonds is 6. The second kappa shape index (κ2) is 8.16. The number of carbonyl (C=O) groups is 2. The molecule has 1 N–H and O–H groups in total. The summed E-state index contributed by atoms with van der Waals surface area (Å²) in [4.78, 5) is 36.2. The molecule has 0 aliphatic heterocycles. The monoisotopic (exact) mass is 389 g/mol. The van der Waals surface area contributed by atoms with E-state index in [0.29, 0.717) is 22.6 Å². The van der Waals surface area contributed by atoms with E-state index in [9.17, 15) is 19.5 Å². The molecule has 0 atom stereocenters. The summed E-state index contributed by atoms with van der Waals surface area (Å²) < 4.78 is 16.9. The summed E-state index contributed by atoms with van der Waals surface area (Å²) >= 11 is 0. The van der Waals surface area contributed by atoms with Crippen molar-refractivity contribution in [2.24, 2.45) is 0 Å². The average Bonchev–Trinajstić information content (AvgIpc) is 2.60. The lowest BCUT2D eigenvalue weighted by Gasteiger charge is -2.20. The fourth-order valence-corrected chi connectivity index (χ4v) is 2.68. The van der Waals surface area contributed by atoms with Gasteiger partial charge in [0.05, 0.1) is 14.2 Å². The van der Waals surface area contributed by atoms with Crippen LogP contribution in [0.4, 0.5) is 0 Å². The lowest BCUT2D eigenvalue weighted by molar-refractivity contribution is -0.155. The molecule has 28 heavy (non-hydrogen) atoms. The fraction of sp³-hybridized carbons (Fsp3) is 0.350. The number of carboxylic acid groups (broad SMARTS) is 1. The number of carbonyl (C=O) groups excluding carboxylic acids is 1. The Hall–Kier alpha value is -3.29. The van der Waals surface area contributed by atoms with Gasteiger partial charge in [-0.3, -0.25) is 9.59 Å². The number of methoxy groups -OCH3 is 2. The van der Waals surface area contributed by atoms with Crippen molar-refractivity contribution >= 4 is 11.9 Å². The first kappa shape index (κ1) is 21.0. The average molecular weight is 389 g/mol. The van der Waals surface area contributed by atoms with Gasteiger partial charge in [0.1, 0.15) is 17.7 Å². The van der Waals surface area contributed by atoms with Crippen LogP contribution in [-0.2, 0) is 16.1 Å². The van der Waals surface area contributed by atoms with Crippen LogP contribution < -0.4 is 15.0 Å².